The molecule has 0 spiro atoms. The zero-order valence-electron chi connectivity index (χ0n) is 19.8. The Kier molecular flexibility index (Phi) is 7.15. The topological polar surface area (TPSA) is 51.6 Å². The van der Waals surface area contributed by atoms with Gasteiger partial charge in [-0.05, 0) is 68.7 Å². The second kappa shape index (κ2) is 10.6. The van der Waals surface area contributed by atoms with Crippen molar-refractivity contribution in [2.75, 3.05) is 41.4 Å². The molecule has 2 N–H and O–H groups in total. The molecule has 176 valence electrons. The highest BCUT2D eigenvalue weighted by Gasteiger charge is 2.24. The van der Waals surface area contributed by atoms with Gasteiger partial charge in [-0.15, -0.1) is 0 Å². The van der Waals surface area contributed by atoms with E-state index < -0.39 is 0 Å². The maximum absolute atomic E-state index is 9.06. The lowest BCUT2D eigenvalue weighted by atomic mass is 9.92. The van der Waals surface area contributed by atoms with Crippen LogP contribution in [0.2, 0.25) is 0 Å². The van der Waals surface area contributed by atoms with Crippen LogP contribution in [0.15, 0.2) is 42.6 Å². The molecule has 3 heterocycles. The molecule has 1 aliphatic carbocycles. The Hall–Kier alpha value is -2.53. The molecule has 2 fully saturated rings. The van der Waals surface area contributed by atoms with E-state index >= 15 is 0 Å². The van der Waals surface area contributed by atoms with Gasteiger partial charge in [-0.3, -0.25) is 0 Å². The molecule has 0 radical (unpaired) electrons. The Morgan fingerprint density at radius 3 is 2.55 bits per heavy atom. The first-order valence-electron chi connectivity index (χ1n) is 13.0. The predicted molar refractivity (Wildman–Crippen MR) is 138 cm³/mol. The number of nitrogens with zero attached hydrogens (tertiary/aromatic N) is 3. The van der Waals surface area contributed by atoms with Crippen molar-refractivity contribution in [3.63, 3.8) is 0 Å². The van der Waals surface area contributed by atoms with Crippen molar-refractivity contribution < 1.29 is 5.11 Å². The van der Waals surface area contributed by atoms with Crippen LogP contribution in [0.4, 0.5) is 22.9 Å². The van der Waals surface area contributed by atoms with Gasteiger partial charge in [-0.25, -0.2) is 4.98 Å². The van der Waals surface area contributed by atoms with Gasteiger partial charge in [-0.2, -0.15) is 0 Å². The third-order valence-corrected chi connectivity index (χ3v) is 7.73. The summed E-state index contributed by atoms with van der Waals surface area (Å²) in [5, 5.41) is 12.6. The Labute approximate surface area is 198 Å². The van der Waals surface area contributed by atoms with E-state index in [2.05, 4.69) is 57.6 Å². The molecular weight excluding hydrogens is 408 g/mol. The second-order valence-electron chi connectivity index (χ2n) is 9.94. The Balaban J connectivity index is 1.22. The summed E-state index contributed by atoms with van der Waals surface area (Å²) < 4.78 is 0. The average Bonchev–Trinajstić information content (AvgIpc) is 2.88. The molecular formula is C28H38N4O. The molecule has 1 aromatic carbocycles. The summed E-state index contributed by atoms with van der Waals surface area (Å²) >= 11 is 0. The number of rotatable bonds is 7. The molecule has 1 aromatic heterocycles. The van der Waals surface area contributed by atoms with E-state index in [1.807, 2.05) is 6.20 Å². The van der Waals surface area contributed by atoms with Crippen molar-refractivity contribution in [3.05, 3.63) is 48.2 Å². The molecule has 1 saturated carbocycles. The van der Waals surface area contributed by atoms with Crippen molar-refractivity contribution in [2.24, 2.45) is 5.92 Å². The normalized spacial score (nSPS) is 19.5. The molecule has 5 heteroatoms. The van der Waals surface area contributed by atoms with Crippen LogP contribution in [0, 0.1) is 5.92 Å². The number of anilines is 4. The number of nitrogens with one attached hydrogen (secondary N) is 1. The van der Waals surface area contributed by atoms with Crippen LogP contribution < -0.4 is 15.1 Å². The number of aromatic nitrogens is 1. The zero-order valence-corrected chi connectivity index (χ0v) is 19.8. The fourth-order valence-electron chi connectivity index (χ4n) is 5.79. The van der Waals surface area contributed by atoms with Gasteiger partial charge in [0.05, 0.1) is 0 Å². The maximum atomic E-state index is 9.06. The lowest BCUT2D eigenvalue weighted by Crippen LogP contribution is -2.38. The Morgan fingerprint density at radius 2 is 1.79 bits per heavy atom. The van der Waals surface area contributed by atoms with Gasteiger partial charge < -0.3 is 20.2 Å². The van der Waals surface area contributed by atoms with Crippen LogP contribution in [0.5, 0.6) is 0 Å². The minimum Gasteiger partial charge on any atom is -0.396 e. The van der Waals surface area contributed by atoms with Crippen LogP contribution in [0.25, 0.3) is 6.08 Å². The first-order valence-corrected chi connectivity index (χ1v) is 13.0. The second-order valence-corrected chi connectivity index (χ2v) is 9.94. The minimum atomic E-state index is 0.322. The number of aliphatic hydroxyl groups excluding tert-OH is 1. The van der Waals surface area contributed by atoms with Gasteiger partial charge >= 0.3 is 0 Å². The molecule has 0 bridgehead atoms. The molecule has 0 atom stereocenters. The van der Waals surface area contributed by atoms with Gasteiger partial charge in [0.25, 0.3) is 0 Å². The predicted octanol–water partition coefficient (Wildman–Crippen LogP) is 5.98. The van der Waals surface area contributed by atoms with E-state index in [1.165, 1.54) is 61.9 Å². The molecule has 5 nitrogen and oxygen atoms in total. The summed E-state index contributed by atoms with van der Waals surface area (Å²) in [6, 6.07) is 11.7. The van der Waals surface area contributed by atoms with Crippen LogP contribution in [-0.4, -0.2) is 42.4 Å². The molecule has 33 heavy (non-hydrogen) atoms. The summed E-state index contributed by atoms with van der Waals surface area (Å²) in [5.41, 5.74) is 4.94. The van der Waals surface area contributed by atoms with Gasteiger partial charge in [0.15, 0.2) is 0 Å². The van der Waals surface area contributed by atoms with E-state index in [-0.39, 0.29) is 0 Å². The third-order valence-electron chi connectivity index (χ3n) is 7.73. The van der Waals surface area contributed by atoms with E-state index in [0.717, 1.165) is 49.9 Å². The summed E-state index contributed by atoms with van der Waals surface area (Å²) in [6.45, 7) is 3.55. The summed E-state index contributed by atoms with van der Waals surface area (Å²) in [4.78, 5) is 9.78. The molecule has 5 rings (SSSR count). The molecule has 1 saturated heterocycles. The van der Waals surface area contributed by atoms with Crippen LogP contribution >= 0.6 is 0 Å². The summed E-state index contributed by atoms with van der Waals surface area (Å²) in [6.07, 6.45) is 17.8. The molecule has 3 aliphatic rings. The standard InChI is InChI=1S/C28H38N4O/c33-19-5-6-22-14-17-31(18-15-22)25-12-10-24(11-13-25)30-28-20-27-23(21-29-28)7-4-16-32(27)26-8-2-1-3-9-26/h4,7,10-13,20-22,26,33H,1-3,5-6,8-9,14-19H2,(H,29,30). The smallest absolute Gasteiger partial charge is 0.132 e. The number of aliphatic hydroxyl groups is 1. The third kappa shape index (κ3) is 5.35. The lowest BCUT2D eigenvalue weighted by Gasteiger charge is -2.38. The SMILES string of the molecule is OCCCC1CCN(c2ccc(Nc3cc4c(cn3)C=CCN4C3CCCCC3)cc2)CC1. The number of fused-ring (bicyclic) bond motifs is 1. The van der Waals surface area contributed by atoms with Gasteiger partial charge in [-0.1, -0.05) is 31.4 Å². The van der Waals surface area contributed by atoms with E-state index in [9.17, 15) is 0 Å². The number of benzene rings is 1. The summed E-state index contributed by atoms with van der Waals surface area (Å²) in [7, 11) is 0. The molecule has 0 amide bonds. The van der Waals surface area contributed by atoms with Crippen molar-refractivity contribution in [3.8, 4) is 0 Å². The zero-order chi connectivity index (χ0) is 22.5. The average molecular weight is 447 g/mol. The number of piperidine rings is 1. The van der Waals surface area contributed by atoms with Crippen molar-refractivity contribution in [1.82, 2.24) is 4.98 Å². The van der Waals surface area contributed by atoms with Crippen molar-refractivity contribution in [1.29, 1.82) is 0 Å². The quantitative estimate of drug-likeness (QED) is 0.548. The van der Waals surface area contributed by atoms with Crippen molar-refractivity contribution in [2.45, 2.75) is 63.8 Å². The Morgan fingerprint density at radius 1 is 1.00 bits per heavy atom. The highest BCUT2D eigenvalue weighted by Crippen LogP contribution is 2.34. The minimum absolute atomic E-state index is 0.322. The highest BCUT2D eigenvalue weighted by atomic mass is 16.2. The fourth-order valence-corrected chi connectivity index (χ4v) is 5.79. The Bertz CT molecular complexity index is 927. The number of hydrogen-bond acceptors (Lipinski definition) is 5. The molecule has 2 aromatic rings. The van der Waals surface area contributed by atoms with Crippen LogP contribution in [-0.2, 0) is 0 Å². The lowest BCUT2D eigenvalue weighted by molar-refractivity contribution is 0.261. The monoisotopic (exact) mass is 446 g/mol. The van der Waals surface area contributed by atoms with E-state index in [4.69, 9.17) is 10.1 Å². The van der Waals surface area contributed by atoms with Gasteiger partial charge in [0.1, 0.15) is 5.82 Å². The van der Waals surface area contributed by atoms with Crippen LogP contribution in [0.1, 0.15) is 63.4 Å². The van der Waals surface area contributed by atoms with Gasteiger partial charge in [0, 0.05) is 67.2 Å². The van der Waals surface area contributed by atoms with Crippen molar-refractivity contribution >= 4 is 29.0 Å². The first kappa shape index (κ1) is 22.3. The number of pyridine rings is 1. The van der Waals surface area contributed by atoms with E-state index in [1.54, 1.807) is 0 Å². The molecule has 2 aliphatic heterocycles. The van der Waals surface area contributed by atoms with Crippen LogP contribution in [0.3, 0.4) is 0 Å². The fraction of sp³-hybridized carbons (Fsp3) is 0.536. The highest BCUT2D eigenvalue weighted by molar-refractivity contribution is 5.75. The number of hydrogen-bond donors (Lipinski definition) is 2. The molecule has 0 unspecified atom stereocenters. The summed E-state index contributed by atoms with van der Waals surface area (Å²) in [5.74, 6) is 1.69. The van der Waals surface area contributed by atoms with E-state index in [0.29, 0.717) is 12.6 Å². The maximum Gasteiger partial charge on any atom is 0.132 e. The van der Waals surface area contributed by atoms with Gasteiger partial charge in [0.2, 0.25) is 0 Å². The first-order chi connectivity index (χ1) is 16.3. The largest absolute Gasteiger partial charge is 0.396 e.